The summed E-state index contributed by atoms with van der Waals surface area (Å²) in [5.41, 5.74) is 4.15. The molecule has 0 radical (unpaired) electrons. The molecule has 32 heavy (non-hydrogen) atoms. The fourth-order valence-corrected chi connectivity index (χ4v) is 5.48. The second kappa shape index (κ2) is 9.04. The lowest BCUT2D eigenvalue weighted by molar-refractivity contribution is 0.122. The van der Waals surface area contributed by atoms with Gasteiger partial charge in [-0.1, -0.05) is 37.6 Å². The van der Waals surface area contributed by atoms with E-state index in [1.54, 1.807) is 6.20 Å². The van der Waals surface area contributed by atoms with Crippen molar-refractivity contribution >= 4 is 23.3 Å². The lowest BCUT2D eigenvalue weighted by atomic mass is 9.99. The fourth-order valence-electron chi connectivity index (χ4n) is 5.34. The molecular formula is C24H32ClN5O2. The van der Waals surface area contributed by atoms with Crippen molar-refractivity contribution in [2.24, 2.45) is 11.8 Å². The number of amides is 1. The Balaban J connectivity index is 1.25. The van der Waals surface area contributed by atoms with Gasteiger partial charge in [0.05, 0.1) is 30.6 Å². The van der Waals surface area contributed by atoms with Crippen LogP contribution >= 0.6 is 11.6 Å². The SMILES string of the molecule is CC(C)c1ccc(CN2CC3CN(C(=O)n4cc(Cl)cn4)CC3C2)c(N2CCOCC2)c1. The maximum atomic E-state index is 12.7. The molecule has 8 heteroatoms. The van der Waals surface area contributed by atoms with Gasteiger partial charge in [-0.2, -0.15) is 9.78 Å². The van der Waals surface area contributed by atoms with Crippen molar-refractivity contribution < 1.29 is 9.53 Å². The van der Waals surface area contributed by atoms with E-state index in [9.17, 15) is 4.79 Å². The molecule has 172 valence electrons. The summed E-state index contributed by atoms with van der Waals surface area (Å²) >= 11 is 5.93. The van der Waals surface area contributed by atoms with Gasteiger partial charge in [0.25, 0.3) is 0 Å². The Bertz CT molecular complexity index is 957. The van der Waals surface area contributed by atoms with Crippen LogP contribution in [0.2, 0.25) is 5.02 Å². The predicted octanol–water partition coefficient (Wildman–Crippen LogP) is 3.53. The number of halogens is 1. The highest BCUT2D eigenvalue weighted by Crippen LogP contribution is 2.34. The number of rotatable bonds is 4. The Labute approximate surface area is 194 Å². The van der Waals surface area contributed by atoms with Crippen molar-refractivity contribution in [2.45, 2.75) is 26.3 Å². The number of ether oxygens (including phenoxy) is 1. The van der Waals surface area contributed by atoms with Gasteiger partial charge in [-0.05, 0) is 34.9 Å². The molecule has 0 bridgehead atoms. The van der Waals surface area contributed by atoms with Crippen molar-refractivity contribution in [3.8, 4) is 0 Å². The molecular weight excluding hydrogens is 426 g/mol. The first-order chi connectivity index (χ1) is 15.5. The predicted molar refractivity (Wildman–Crippen MR) is 125 cm³/mol. The zero-order chi connectivity index (χ0) is 22.2. The van der Waals surface area contributed by atoms with Crippen molar-refractivity contribution in [1.29, 1.82) is 0 Å². The van der Waals surface area contributed by atoms with Crippen LogP contribution in [0.1, 0.15) is 30.9 Å². The van der Waals surface area contributed by atoms with Crippen LogP contribution in [0, 0.1) is 11.8 Å². The molecule has 5 rings (SSSR count). The van der Waals surface area contributed by atoms with E-state index in [0.29, 0.717) is 22.8 Å². The Morgan fingerprint density at radius 1 is 1.16 bits per heavy atom. The van der Waals surface area contributed by atoms with E-state index in [1.807, 2.05) is 4.90 Å². The number of hydrogen-bond donors (Lipinski definition) is 0. The summed E-state index contributed by atoms with van der Waals surface area (Å²) in [5.74, 6) is 1.56. The third kappa shape index (κ3) is 4.38. The molecule has 0 aliphatic carbocycles. The second-order valence-electron chi connectivity index (χ2n) is 9.65. The van der Waals surface area contributed by atoms with Gasteiger partial charge >= 0.3 is 6.03 Å². The number of likely N-dealkylation sites (tertiary alicyclic amines) is 2. The van der Waals surface area contributed by atoms with Crippen LogP contribution in [0.15, 0.2) is 30.6 Å². The molecule has 0 spiro atoms. The summed E-state index contributed by atoms with van der Waals surface area (Å²) in [4.78, 5) is 19.7. The molecule has 4 heterocycles. The van der Waals surface area contributed by atoms with Crippen LogP contribution in [0.5, 0.6) is 0 Å². The zero-order valence-electron chi connectivity index (χ0n) is 18.9. The smallest absolute Gasteiger partial charge is 0.344 e. The summed E-state index contributed by atoms with van der Waals surface area (Å²) < 4.78 is 6.94. The van der Waals surface area contributed by atoms with Crippen molar-refractivity contribution in [3.63, 3.8) is 0 Å². The minimum absolute atomic E-state index is 0.0725. The topological polar surface area (TPSA) is 53.8 Å². The number of hydrogen-bond acceptors (Lipinski definition) is 5. The average molecular weight is 458 g/mol. The highest BCUT2D eigenvalue weighted by Gasteiger charge is 2.42. The van der Waals surface area contributed by atoms with Crippen molar-refractivity contribution in [3.05, 3.63) is 46.7 Å². The van der Waals surface area contributed by atoms with Crippen molar-refractivity contribution in [2.75, 3.05) is 57.4 Å². The van der Waals surface area contributed by atoms with E-state index in [2.05, 4.69) is 46.9 Å². The minimum atomic E-state index is -0.0725. The molecule has 3 saturated heterocycles. The highest BCUT2D eigenvalue weighted by molar-refractivity contribution is 6.30. The maximum Gasteiger partial charge on any atom is 0.344 e. The molecule has 7 nitrogen and oxygen atoms in total. The lowest BCUT2D eigenvalue weighted by Crippen LogP contribution is -2.38. The van der Waals surface area contributed by atoms with Crippen LogP contribution in [-0.4, -0.2) is 78.1 Å². The first kappa shape index (κ1) is 21.7. The first-order valence-electron chi connectivity index (χ1n) is 11.6. The zero-order valence-corrected chi connectivity index (χ0v) is 19.7. The van der Waals surface area contributed by atoms with E-state index in [4.69, 9.17) is 16.3 Å². The molecule has 0 saturated carbocycles. The number of fused-ring (bicyclic) bond motifs is 1. The number of morpholine rings is 1. The third-order valence-corrected chi connectivity index (χ3v) is 7.30. The average Bonchev–Trinajstić information content (AvgIpc) is 3.49. The number of carbonyl (C=O) groups excluding carboxylic acids is 1. The highest BCUT2D eigenvalue weighted by atomic mass is 35.5. The van der Waals surface area contributed by atoms with Crippen molar-refractivity contribution in [1.82, 2.24) is 19.6 Å². The summed E-state index contributed by atoms with van der Waals surface area (Å²) in [6, 6.07) is 6.93. The molecule has 0 N–H and O–H groups in total. The Hall–Kier alpha value is -2.09. The van der Waals surface area contributed by atoms with E-state index in [-0.39, 0.29) is 6.03 Å². The molecule has 1 aromatic heterocycles. The molecule has 2 unspecified atom stereocenters. The van der Waals surface area contributed by atoms with Crippen LogP contribution in [-0.2, 0) is 11.3 Å². The quantitative estimate of drug-likeness (QED) is 0.703. The van der Waals surface area contributed by atoms with Gasteiger partial charge in [0.1, 0.15) is 0 Å². The Kier molecular flexibility index (Phi) is 6.14. The molecule has 2 atom stereocenters. The van der Waals surface area contributed by atoms with Gasteiger partial charge in [-0.3, -0.25) is 4.90 Å². The molecule has 3 aliphatic heterocycles. The third-order valence-electron chi connectivity index (χ3n) is 7.10. The van der Waals surface area contributed by atoms with Gasteiger partial charge in [-0.25, -0.2) is 4.79 Å². The van der Waals surface area contributed by atoms with E-state index < -0.39 is 0 Å². The van der Waals surface area contributed by atoms with Gasteiger partial charge in [0.2, 0.25) is 0 Å². The van der Waals surface area contributed by atoms with Gasteiger partial charge < -0.3 is 14.5 Å². The van der Waals surface area contributed by atoms with Crippen LogP contribution in [0.4, 0.5) is 10.5 Å². The largest absolute Gasteiger partial charge is 0.378 e. The first-order valence-corrected chi connectivity index (χ1v) is 12.0. The summed E-state index contributed by atoms with van der Waals surface area (Å²) in [5, 5.41) is 4.56. The van der Waals surface area contributed by atoms with Gasteiger partial charge in [0, 0.05) is 51.5 Å². The lowest BCUT2D eigenvalue weighted by Gasteiger charge is -2.32. The number of aromatic nitrogens is 2. The number of carbonyl (C=O) groups is 1. The standard InChI is InChI=1S/C24H32ClN5O2/c1-17(2)18-3-4-19(23(9-18)28-5-7-32-8-6-28)11-27-12-20-14-29(15-21(20)13-27)24(31)30-16-22(25)10-26-30/h3-4,9-10,16-17,20-21H,5-8,11-15H2,1-2H3. The van der Waals surface area contributed by atoms with E-state index in [1.165, 1.54) is 27.7 Å². The Morgan fingerprint density at radius 3 is 2.50 bits per heavy atom. The molecule has 3 aliphatic rings. The minimum Gasteiger partial charge on any atom is -0.378 e. The van der Waals surface area contributed by atoms with Gasteiger partial charge in [0.15, 0.2) is 0 Å². The van der Waals surface area contributed by atoms with Gasteiger partial charge in [-0.15, -0.1) is 0 Å². The maximum absolute atomic E-state index is 12.7. The molecule has 2 aromatic rings. The fraction of sp³-hybridized carbons (Fsp3) is 0.583. The molecule has 3 fully saturated rings. The second-order valence-corrected chi connectivity index (χ2v) is 10.1. The molecule has 1 amide bonds. The summed E-state index contributed by atoms with van der Waals surface area (Å²) in [6.45, 7) is 12.6. The van der Waals surface area contributed by atoms with Crippen LogP contribution in [0.3, 0.4) is 0 Å². The number of nitrogens with zero attached hydrogens (tertiary/aromatic N) is 5. The van der Waals surface area contributed by atoms with Crippen LogP contribution < -0.4 is 4.90 Å². The van der Waals surface area contributed by atoms with E-state index in [0.717, 1.165) is 59.0 Å². The summed E-state index contributed by atoms with van der Waals surface area (Å²) in [7, 11) is 0. The normalized spacial score (nSPS) is 23.9. The monoisotopic (exact) mass is 457 g/mol. The number of benzene rings is 1. The molecule has 1 aromatic carbocycles. The Morgan fingerprint density at radius 2 is 1.88 bits per heavy atom. The van der Waals surface area contributed by atoms with Crippen LogP contribution in [0.25, 0.3) is 0 Å². The van der Waals surface area contributed by atoms with E-state index >= 15 is 0 Å². The summed E-state index contributed by atoms with van der Waals surface area (Å²) in [6.07, 6.45) is 3.09. The number of anilines is 1.